The molecule has 0 atom stereocenters. The maximum atomic E-state index is 6.65. The smallest absolute Gasteiger partial charge is 0.123 e. The Kier molecular flexibility index (Phi) is 13.5. The second-order valence-corrected chi connectivity index (χ2v) is 11.1. The maximum absolute atomic E-state index is 6.65. The van der Waals surface area contributed by atoms with Crippen LogP contribution in [0.4, 0.5) is 0 Å². The number of benzene rings is 2. The molecule has 0 radical (unpaired) electrons. The fourth-order valence-corrected chi connectivity index (χ4v) is 5.95. The van der Waals surface area contributed by atoms with Crippen molar-refractivity contribution in [3.8, 4) is 16.9 Å². The van der Waals surface area contributed by atoms with Gasteiger partial charge in [-0.25, -0.2) is 0 Å². The van der Waals surface area contributed by atoms with Crippen molar-refractivity contribution >= 4 is 0 Å². The highest BCUT2D eigenvalue weighted by molar-refractivity contribution is 5.80. The minimum absolute atomic E-state index is 0.868. The molecule has 1 aliphatic rings. The van der Waals surface area contributed by atoms with Gasteiger partial charge in [-0.05, 0) is 78.0 Å². The van der Waals surface area contributed by atoms with Gasteiger partial charge in [-0.15, -0.1) is 0 Å². The van der Waals surface area contributed by atoms with Gasteiger partial charge in [0.1, 0.15) is 5.75 Å². The van der Waals surface area contributed by atoms with Crippen LogP contribution in [0.25, 0.3) is 11.1 Å². The van der Waals surface area contributed by atoms with Gasteiger partial charge in [0.15, 0.2) is 0 Å². The van der Waals surface area contributed by atoms with E-state index in [1.807, 2.05) is 0 Å². The number of hydrogen-bond acceptors (Lipinski definition) is 1. The highest BCUT2D eigenvalue weighted by Crippen LogP contribution is 2.44. The van der Waals surface area contributed by atoms with Gasteiger partial charge in [0.05, 0.1) is 6.61 Å². The lowest BCUT2D eigenvalue weighted by Gasteiger charge is -2.20. The van der Waals surface area contributed by atoms with Crippen LogP contribution in [0.1, 0.15) is 146 Å². The van der Waals surface area contributed by atoms with Gasteiger partial charge in [-0.1, -0.05) is 129 Å². The van der Waals surface area contributed by atoms with Crippen molar-refractivity contribution in [2.24, 2.45) is 0 Å². The van der Waals surface area contributed by atoms with Crippen molar-refractivity contribution in [3.63, 3.8) is 0 Å². The molecule has 0 unspecified atom stereocenters. The van der Waals surface area contributed by atoms with E-state index < -0.39 is 0 Å². The third kappa shape index (κ3) is 8.67. The van der Waals surface area contributed by atoms with E-state index in [4.69, 9.17) is 4.74 Å². The van der Waals surface area contributed by atoms with Crippen LogP contribution in [0.5, 0.6) is 5.75 Å². The molecular weight excluding hydrogens is 436 g/mol. The lowest BCUT2D eigenvalue weighted by molar-refractivity contribution is 0.300. The van der Waals surface area contributed by atoms with Gasteiger partial charge in [0.25, 0.3) is 0 Å². The summed E-state index contributed by atoms with van der Waals surface area (Å²) in [5.41, 5.74) is 9.20. The van der Waals surface area contributed by atoms with E-state index >= 15 is 0 Å². The number of fused-ring (bicyclic) bond motifs is 3. The highest BCUT2D eigenvalue weighted by Gasteiger charge is 2.25. The normalized spacial score (nSPS) is 12.1. The quantitative estimate of drug-likeness (QED) is 0.143. The highest BCUT2D eigenvalue weighted by atomic mass is 16.5. The molecular formula is C35H54O. The van der Waals surface area contributed by atoms with E-state index in [0.717, 1.165) is 13.0 Å². The molecule has 0 spiro atoms. The predicted octanol–water partition coefficient (Wildman–Crippen LogP) is 11.0. The van der Waals surface area contributed by atoms with Crippen LogP contribution in [0.2, 0.25) is 0 Å². The number of rotatable bonds is 20. The summed E-state index contributed by atoms with van der Waals surface area (Å²) < 4.78 is 6.65. The first-order valence-electron chi connectivity index (χ1n) is 15.7. The molecule has 0 fully saturated rings. The Hall–Kier alpha value is -1.76. The average Bonchev–Trinajstić information content (AvgIpc) is 3.27. The number of unbranched alkanes of at least 4 members (excludes halogenated alkanes) is 13. The molecule has 200 valence electrons. The number of hydrogen-bond donors (Lipinski definition) is 0. The number of ether oxygens (including phenoxy) is 1. The molecule has 0 amide bonds. The van der Waals surface area contributed by atoms with Gasteiger partial charge in [0.2, 0.25) is 0 Å². The Morgan fingerprint density at radius 2 is 1.14 bits per heavy atom. The molecule has 0 aromatic heterocycles. The van der Waals surface area contributed by atoms with Crippen LogP contribution in [0.3, 0.4) is 0 Å². The third-order valence-electron chi connectivity index (χ3n) is 8.12. The summed E-state index contributed by atoms with van der Waals surface area (Å²) in [5, 5.41) is 0. The van der Waals surface area contributed by atoms with Crippen LogP contribution < -0.4 is 4.74 Å². The van der Waals surface area contributed by atoms with E-state index in [-0.39, 0.29) is 0 Å². The monoisotopic (exact) mass is 490 g/mol. The summed E-state index contributed by atoms with van der Waals surface area (Å²) in [6.45, 7) is 7.79. The Balaban J connectivity index is 1.74. The molecule has 0 aliphatic heterocycles. The van der Waals surface area contributed by atoms with Crippen LogP contribution in [0.15, 0.2) is 30.3 Å². The Bertz CT molecular complexity index is 880. The summed E-state index contributed by atoms with van der Waals surface area (Å²) >= 11 is 0. The molecule has 0 saturated heterocycles. The van der Waals surface area contributed by atoms with E-state index in [2.05, 4.69) is 51.1 Å². The summed E-state index contributed by atoms with van der Waals surface area (Å²) in [6.07, 6.45) is 24.8. The molecule has 0 heterocycles. The Morgan fingerprint density at radius 1 is 0.583 bits per heavy atom. The summed E-state index contributed by atoms with van der Waals surface area (Å²) in [6, 6.07) is 11.5. The Labute approximate surface area is 223 Å². The third-order valence-corrected chi connectivity index (χ3v) is 8.12. The lowest BCUT2D eigenvalue weighted by Crippen LogP contribution is -2.07. The first kappa shape index (κ1) is 28.8. The average molecular weight is 491 g/mol. The van der Waals surface area contributed by atoms with Crippen LogP contribution >= 0.6 is 0 Å². The van der Waals surface area contributed by atoms with Gasteiger partial charge in [0, 0.05) is 0 Å². The van der Waals surface area contributed by atoms with Crippen molar-refractivity contribution in [1.29, 1.82) is 0 Å². The second-order valence-electron chi connectivity index (χ2n) is 11.1. The van der Waals surface area contributed by atoms with Gasteiger partial charge in [-0.3, -0.25) is 0 Å². The van der Waals surface area contributed by atoms with E-state index in [1.54, 1.807) is 16.7 Å². The molecule has 36 heavy (non-hydrogen) atoms. The molecule has 1 aliphatic carbocycles. The van der Waals surface area contributed by atoms with Crippen molar-refractivity contribution in [3.05, 3.63) is 52.6 Å². The minimum atomic E-state index is 0.868. The van der Waals surface area contributed by atoms with Crippen LogP contribution in [-0.4, -0.2) is 6.61 Å². The van der Waals surface area contributed by atoms with Gasteiger partial charge >= 0.3 is 0 Å². The molecule has 3 rings (SSSR count). The summed E-state index contributed by atoms with van der Waals surface area (Å²) in [4.78, 5) is 0. The topological polar surface area (TPSA) is 9.23 Å². The van der Waals surface area contributed by atoms with Crippen molar-refractivity contribution < 1.29 is 4.74 Å². The first-order chi connectivity index (χ1) is 17.8. The fraction of sp³-hybridized carbons (Fsp3) is 0.657. The van der Waals surface area contributed by atoms with Crippen molar-refractivity contribution in [2.75, 3.05) is 6.61 Å². The molecule has 0 bridgehead atoms. The second kappa shape index (κ2) is 16.9. The molecule has 0 N–H and O–H groups in total. The molecule has 2 aromatic carbocycles. The van der Waals surface area contributed by atoms with E-state index in [1.165, 1.54) is 138 Å². The molecule has 1 nitrogen and oxygen atoms in total. The zero-order valence-electron chi connectivity index (χ0n) is 23.9. The van der Waals surface area contributed by atoms with Crippen molar-refractivity contribution in [2.45, 2.75) is 143 Å². The molecule has 1 heteroatoms. The lowest BCUT2D eigenvalue weighted by atomic mass is 9.89. The zero-order chi connectivity index (χ0) is 25.4. The van der Waals surface area contributed by atoms with Gasteiger partial charge in [-0.2, -0.15) is 0 Å². The van der Waals surface area contributed by atoms with E-state index in [0.29, 0.717) is 0 Å². The van der Waals surface area contributed by atoms with E-state index in [9.17, 15) is 0 Å². The van der Waals surface area contributed by atoms with Crippen molar-refractivity contribution in [1.82, 2.24) is 0 Å². The zero-order valence-corrected chi connectivity index (χ0v) is 23.9. The Morgan fingerprint density at radius 3 is 1.81 bits per heavy atom. The maximum Gasteiger partial charge on any atom is 0.123 e. The predicted molar refractivity (Wildman–Crippen MR) is 158 cm³/mol. The molecule has 2 aromatic rings. The standard InChI is InChI=1S/C35H54O/c1-4-7-10-13-14-15-16-21-26-36-35-28-34-30-23-20-19-22-29(30)27-33(34)31(24-17-11-8-5-2)32(35)25-18-12-9-6-3/h19-20,22-23,28H,4-18,21,24-27H2,1-3H3. The van der Waals surface area contributed by atoms with Gasteiger partial charge < -0.3 is 4.74 Å². The van der Waals surface area contributed by atoms with Crippen LogP contribution in [-0.2, 0) is 19.3 Å². The fourth-order valence-electron chi connectivity index (χ4n) is 5.95. The minimum Gasteiger partial charge on any atom is -0.493 e. The van der Waals surface area contributed by atoms with Crippen LogP contribution in [0, 0.1) is 0 Å². The first-order valence-corrected chi connectivity index (χ1v) is 15.7. The largest absolute Gasteiger partial charge is 0.493 e. The molecule has 0 saturated carbocycles. The summed E-state index contributed by atoms with van der Waals surface area (Å²) in [5.74, 6) is 1.20. The summed E-state index contributed by atoms with van der Waals surface area (Å²) in [7, 11) is 0. The SMILES string of the molecule is CCCCCCCCCCOc1cc2c(c(CCCCCC)c1CCCCCC)Cc1ccccc1-2.